The molecular formula is C14H18N2O5. The van der Waals surface area contributed by atoms with Crippen LogP contribution in [0.5, 0.6) is 5.75 Å². The van der Waals surface area contributed by atoms with E-state index in [1.54, 1.807) is 12.0 Å². The maximum Gasteiger partial charge on any atom is 0.339 e. The molecular weight excluding hydrogens is 276 g/mol. The van der Waals surface area contributed by atoms with Crippen molar-refractivity contribution in [2.24, 2.45) is 0 Å². The van der Waals surface area contributed by atoms with Crippen LogP contribution in [0.25, 0.3) is 0 Å². The Labute approximate surface area is 122 Å². The second-order valence-corrected chi connectivity index (χ2v) is 4.91. The molecule has 0 radical (unpaired) electrons. The topological polar surface area (TPSA) is 99.1 Å². The quantitative estimate of drug-likeness (QED) is 0.788. The molecule has 1 aliphatic rings. The number of carboxylic acid groups (broad SMARTS) is 1. The maximum atomic E-state index is 12.1. The summed E-state index contributed by atoms with van der Waals surface area (Å²) in [4.78, 5) is 24.6. The summed E-state index contributed by atoms with van der Waals surface area (Å²) < 4.78 is 5.26. The number of hydrogen-bond donors (Lipinski definition) is 3. The lowest BCUT2D eigenvalue weighted by molar-refractivity contribution is 0.0458. The zero-order valence-corrected chi connectivity index (χ0v) is 11.7. The molecule has 1 heterocycles. The second kappa shape index (κ2) is 6.45. The third-order valence-electron chi connectivity index (χ3n) is 3.48. The number of aromatic hydroxyl groups is 1. The van der Waals surface area contributed by atoms with Gasteiger partial charge in [0, 0.05) is 32.0 Å². The first-order valence-electron chi connectivity index (χ1n) is 6.66. The van der Waals surface area contributed by atoms with Crippen LogP contribution < -0.4 is 5.32 Å². The van der Waals surface area contributed by atoms with Gasteiger partial charge in [0.15, 0.2) is 0 Å². The number of methoxy groups -OCH3 is 1. The van der Waals surface area contributed by atoms with Crippen molar-refractivity contribution in [1.29, 1.82) is 0 Å². The number of ether oxygens (including phenoxy) is 1. The van der Waals surface area contributed by atoms with Crippen molar-refractivity contribution in [2.75, 3.05) is 25.5 Å². The first kappa shape index (κ1) is 15.1. The van der Waals surface area contributed by atoms with Gasteiger partial charge in [-0.05, 0) is 25.0 Å². The number of urea groups is 1. The molecule has 0 spiro atoms. The predicted octanol–water partition coefficient (Wildman–Crippen LogP) is 1.73. The number of amides is 2. The molecule has 0 aromatic heterocycles. The molecule has 0 saturated carbocycles. The number of anilines is 1. The summed E-state index contributed by atoms with van der Waals surface area (Å²) >= 11 is 0. The summed E-state index contributed by atoms with van der Waals surface area (Å²) in [5.74, 6) is -1.60. The number of likely N-dealkylation sites (tertiary alicyclic amines) is 1. The number of nitrogens with one attached hydrogen (secondary N) is 1. The molecule has 1 saturated heterocycles. The summed E-state index contributed by atoms with van der Waals surface area (Å²) in [6.07, 6.45) is 1.83. The number of benzene rings is 1. The molecule has 2 amide bonds. The van der Waals surface area contributed by atoms with Crippen molar-refractivity contribution in [3.8, 4) is 5.75 Å². The predicted molar refractivity (Wildman–Crippen MR) is 75.7 cm³/mol. The normalized spacial score (nSPS) is 18.3. The van der Waals surface area contributed by atoms with Crippen LogP contribution in [-0.2, 0) is 4.74 Å². The van der Waals surface area contributed by atoms with Gasteiger partial charge >= 0.3 is 12.0 Å². The molecule has 1 aliphatic heterocycles. The summed E-state index contributed by atoms with van der Waals surface area (Å²) in [5.41, 5.74) is 0.146. The van der Waals surface area contributed by atoms with Crippen molar-refractivity contribution < 1.29 is 24.5 Å². The van der Waals surface area contributed by atoms with Gasteiger partial charge in [-0.2, -0.15) is 0 Å². The van der Waals surface area contributed by atoms with E-state index in [1.807, 2.05) is 0 Å². The van der Waals surface area contributed by atoms with E-state index in [2.05, 4.69) is 5.32 Å². The van der Waals surface area contributed by atoms with E-state index in [4.69, 9.17) is 9.84 Å². The Morgan fingerprint density at radius 2 is 2.19 bits per heavy atom. The minimum atomic E-state index is -1.22. The van der Waals surface area contributed by atoms with Crippen molar-refractivity contribution in [3.05, 3.63) is 23.8 Å². The molecule has 1 aromatic carbocycles. The third kappa shape index (κ3) is 3.63. The van der Waals surface area contributed by atoms with Gasteiger partial charge in [0.05, 0.1) is 6.10 Å². The monoisotopic (exact) mass is 294 g/mol. The zero-order chi connectivity index (χ0) is 15.4. The Hall–Kier alpha value is -2.28. The molecule has 1 atom stereocenters. The van der Waals surface area contributed by atoms with Gasteiger partial charge in [0.1, 0.15) is 11.3 Å². The molecule has 2 rings (SSSR count). The Kier molecular flexibility index (Phi) is 4.64. The van der Waals surface area contributed by atoms with Gasteiger partial charge in [-0.25, -0.2) is 9.59 Å². The van der Waals surface area contributed by atoms with E-state index in [-0.39, 0.29) is 23.4 Å². The minimum absolute atomic E-state index is 0.0345. The SMILES string of the molecule is COC1CCCN(C(=O)Nc2ccc(C(=O)O)c(O)c2)C1. The van der Waals surface area contributed by atoms with Gasteiger partial charge in [0.2, 0.25) is 0 Å². The minimum Gasteiger partial charge on any atom is -0.507 e. The van der Waals surface area contributed by atoms with Gasteiger partial charge in [-0.1, -0.05) is 0 Å². The molecule has 0 bridgehead atoms. The second-order valence-electron chi connectivity index (χ2n) is 4.91. The zero-order valence-electron chi connectivity index (χ0n) is 11.7. The van der Waals surface area contributed by atoms with E-state index in [0.29, 0.717) is 18.8 Å². The summed E-state index contributed by atoms with van der Waals surface area (Å²) in [6, 6.07) is 3.62. The average molecular weight is 294 g/mol. The van der Waals surface area contributed by atoms with Crippen molar-refractivity contribution in [3.63, 3.8) is 0 Å². The van der Waals surface area contributed by atoms with Crippen LogP contribution in [0, 0.1) is 0 Å². The molecule has 1 unspecified atom stereocenters. The average Bonchev–Trinajstić information content (AvgIpc) is 2.47. The van der Waals surface area contributed by atoms with Crippen LogP contribution in [0.15, 0.2) is 18.2 Å². The Morgan fingerprint density at radius 1 is 1.43 bits per heavy atom. The summed E-state index contributed by atoms with van der Waals surface area (Å²) in [5, 5.41) is 21.1. The maximum absolute atomic E-state index is 12.1. The van der Waals surface area contributed by atoms with E-state index < -0.39 is 5.97 Å². The molecule has 0 aliphatic carbocycles. The third-order valence-corrected chi connectivity index (χ3v) is 3.48. The van der Waals surface area contributed by atoms with Gasteiger partial charge in [-0.15, -0.1) is 0 Å². The van der Waals surface area contributed by atoms with E-state index >= 15 is 0 Å². The number of carboxylic acids is 1. The number of carbonyl (C=O) groups excluding carboxylic acids is 1. The number of rotatable bonds is 3. The van der Waals surface area contributed by atoms with Gasteiger partial charge in [-0.3, -0.25) is 0 Å². The van der Waals surface area contributed by atoms with E-state index in [0.717, 1.165) is 12.8 Å². The number of aromatic carboxylic acids is 1. The lowest BCUT2D eigenvalue weighted by Gasteiger charge is -2.31. The Bertz CT molecular complexity index is 546. The van der Waals surface area contributed by atoms with E-state index in [9.17, 15) is 14.7 Å². The number of piperidine rings is 1. The fourth-order valence-electron chi connectivity index (χ4n) is 2.31. The van der Waals surface area contributed by atoms with Gasteiger partial charge in [0.25, 0.3) is 0 Å². The summed E-state index contributed by atoms with van der Waals surface area (Å²) in [6.45, 7) is 1.16. The number of phenols is 1. The first-order valence-corrected chi connectivity index (χ1v) is 6.66. The first-order chi connectivity index (χ1) is 10.0. The van der Waals surface area contributed by atoms with Crippen molar-refractivity contribution in [1.82, 2.24) is 4.90 Å². The van der Waals surface area contributed by atoms with Crippen LogP contribution in [-0.4, -0.2) is 53.4 Å². The van der Waals surface area contributed by atoms with Crippen molar-refractivity contribution >= 4 is 17.7 Å². The van der Waals surface area contributed by atoms with Crippen LogP contribution in [0.3, 0.4) is 0 Å². The molecule has 3 N–H and O–H groups in total. The van der Waals surface area contributed by atoms with Crippen LogP contribution in [0.4, 0.5) is 10.5 Å². The highest BCUT2D eigenvalue weighted by Crippen LogP contribution is 2.22. The molecule has 7 nitrogen and oxygen atoms in total. The standard InChI is InChI=1S/C14H18N2O5/c1-21-10-3-2-6-16(8-10)14(20)15-9-4-5-11(13(18)19)12(17)7-9/h4-5,7,10,17H,2-3,6,8H2,1H3,(H,15,20)(H,18,19). The molecule has 1 fully saturated rings. The van der Waals surface area contributed by atoms with Crippen LogP contribution >= 0.6 is 0 Å². The van der Waals surface area contributed by atoms with Crippen LogP contribution in [0.2, 0.25) is 0 Å². The number of hydrogen-bond acceptors (Lipinski definition) is 4. The fourth-order valence-corrected chi connectivity index (χ4v) is 2.31. The lowest BCUT2D eigenvalue weighted by atomic mass is 10.1. The largest absolute Gasteiger partial charge is 0.507 e. The lowest BCUT2D eigenvalue weighted by Crippen LogP contribution is -2.44. The summed E-state index contributed by atoms with van der Waals surface area (Å²) in [7, 11) is 1.62. The Balaban J connectivity index is 2.02. The highest BCUT2D eigenvalue weighted by molar-refractivity contribution is 5.94. The highest BCUT2D eigenvalue weighted by Gasteiger charge is 2.23. The molecule has 7 heteroatoms. The Morgan fingerprint density at radius 3 is 2.81 bits per heavy atom. The van der Waals surface area contributed by atoms with Gasteiger partial charge < -0.3 is 25.2 Å². The number of nitrogens with zero attached hydrogens (tertiary/aromatic N) is 1. The molecule has 1 aromatic rings. The highest BCUT2D eigenvalue weighted by atomic mass is 16.5. The molecule has 114 valence electrons. The number of carbonyl (C=O) groups is 2. The van der Waals surface area contributed by atoms with E-state index in [1.165, 1.54) is 18.2 Å². The fraction of sp³-hybridized carbons (Fsp3) is 0.429. The van der Waals surface area contributed by atoms with Crippen molar-refractivity contribution in [2.45, 2.75) is 18.9 Å². The van der Waals surface area contributed by atoms with Crippen LogP contribution in [0.1, 0.15) is 23.2 Å². The smallest absolute Gasteiger partial charge is 0.339 e. The molecule has 21 heavy (non-hydrogen) atoms.